The van der Waals surface area contributed by atoms with Crippen LogP contribution in [0.1, 0.15) is 63.9 Å². The van der Waals surface area contributed by atoms with E-state index in [1.165, 1.54) is 56.9 Å². The largest absolute Gasteiger partial charge is 1.00 e. The second kappa shape index (κ2) is 11.7. The van der Waals surface area contributed by atoms with Gasteiger partial charge in [0.1, 0.15) is 5.75 Å². The fraction of sp³-hybridized carbons (Fsp3) is 0.400. The number of rotatable bonds is 10. The Morgan fingerprint density at radius 1 is 0.786 bits per heavy atom. The van der Waals surface area contributed by atoms with Gasteiger partial charge >= 0.3 is 11.3 Å². The molecule has 3 rings (SSSR count). The number of hydrogen-bond donors (Lipinski definition) is 1. The third-order valence-corrected chi connectivity index (χ3v) is 5.17. The molecule has 3 aromatic rings. The molecule has 0 unspecified atom stereocenters. The molecule has 0 atom stereocenters. The standard InChI is InChI=1S/C25H30O2.ClH/c1-2-3-4-5-6-7-8-10-15-22-18-21-16-17-23(26)19-24(21)27-25(22)20-13-11-9-12-14-20;/h9,11-14,16-19H,2-8,10,15H2,1H3;1H. The van der Waals surface area contributed by atoms with E-state index in [-0.39, 0.29) is 18.2 Å². The third kappa shape index (κ3) is 6.24. The molecule has 0 aliphatic heterocycles. The van der Waals surface area contributed by atoms with Crippen LogP contribution in [-0.4, -0.2) is 5.11 Å². The number of benzene rings is 2. The van der Waals surface area contributed by atoms with Crippen LogP contribution in [0.15, 0.2) is 59.0 Å². The van der Waals surface area contributed by atoms with Crippen LogP contribution in [0.2, 0.25) is 0 Å². The van der Waals surface area contributed by atoms with E-state index in [2.05, 4.69) is 25.1 Å². The fourth-order valence-corrected chi connectivity index (χ4v) is 3.63. The molecule has 0 saturated heterocycles. The summed E-state index contributed by atoms with van der Waals surface area (Å²) < 4.78 is 6.22. The summed E-state index contributed by atoms with van der Waals surface area (Å²) in [4.78, 5) is 0. The Bertz CT molecular complexity index is 846. The van der Waals surface area contributed by atoms with Gasteiger partial charge in [0.2, 0.25) is 0 Å². The van der Waals surface area contributed by atoms with Gasteiger partial charge in [0.15, 0.2) is 0 Å². The Labute approximate surface area is 175 Å². The number of phenolic OH excluding ortho intramolecular Hbond substituents is 1. The highest BCUT2D eigenvalue weighted by Gasteiger charge is 2.21. The summed E-state index contributed by atoms with van der Waals surface area (Å²) in [6.07, 6.45) is 11.6. The molecule has 1 heterocycles. The monoisotopic (exact) mass is 398 g/mol. The SMILES string of the molecule is CCCCCCCCCCc1cc2ccc(O)cc2[o+]c1-c1ccccc1.[Cl-]. The first-order valence-electron chi connectivity index (χ1n) is 10.4. The second-order valence-electron chi connectivity index (χ2n) is 7.41. The topological polar surface area (TPSA) is 31.5 Å². The van der Waals surface area contributed by atoms with Crippen LogP contribution in [0.25, 0.3) is 22.3 Å². The smallest absolute Gasteiger partial charge is 0.364 e. The predicted molar refractivity (Wildman–Crippen MR) is 114 cm³/mol. The zero-order valence-electron chi connectivity index (χ0n) is 16.8. The van der Waals surface area contributed by atoms with E-state index >= 15 is 0 Å². The summed E-state index contributed by atoms with van der Waals surface area (Å²) in [7, 11) is 0. The van der Waals surface area contributed by atoms with Crippen LogP contribution in [-0.2, 0) is 6.42 Å². The molecule has 0 saturated carbocycles. The Kier molecular flexibility index (Phi) is 9.30. The minimum absolute atomic E-state index is 0. The summed E-state index contributed by atoms with van der Waals surface area (Å²) in [5, 5.41) is 10.8. The number of aromatic hydroxyl groups is 1. The molecule has 150 valence electrons. The van der Waals surface area contributed by atoms with Gasteiger partial charge < -0.3 is 17.5 Å². The normalized spacial score (nSPS) is 10.8. The summed E-state index contributed by atoms with van der Waals surface area (Å²) in [5.74, 6) is 1.16. The summed E-state index contributed by atoms with van der Waals surface area (Å²) >= 11 is 0. The van der Waals surface area contributed by atoms with Crippen molar-refractivity contribution in [3.63, 3.8) is 0 Å². The van der Waals surface area contributed by atoms with E-state index in [9.17, 15) is 5.11 Å². The minimum atomic E-state index is 0. The second-order valence-corrected chi connectivity index (χ2v) is 7.41. The zero-order valence-corrected chi connectivity index (χ0v) is 17.5. The van der Waals surface area contributed by atoms with E-state index in [1.54, 1.807) is 12.1 Å². The Morgan fingerprint density at radius 2 is 1.46 bits per heavy atom. The molecule has 0 radical (unpaired) electrons. The maximum atomic E-state index is 9.78. The maximum Gasteiger partial charge on any atom is 0.364 e. The Morgan fingerprint density at radius 3 is 2.18 bits per heavy atom. The number of halogens is 1. The highest BCUT2D eigenvalue weighted by atomic mass is 35.5. The van der Waals surface area contributed by atoms with Crippen LogP contribution in [0.5, 0.6) is 5.75 Å². The molecular weight excluding hydrogens is 368 g/mol. The predicted octanol–water partition coefficient (Wildman–Crippen LogP) is 4.77. The lowest BCUT2D eigenvalue weighted by Crippen LogP contribution is -3.00. The van der Waals surface area contributed by atoms with Crippen LogP contribution in [0, 0.1) is 0 Å². The summed E-state index contributed by atoms with van der Waals surface area (Å²) in [6, 6.07) is 17.9. The lowest BCUT2D eigenvalue weighted by molar-refractivity contribution is -0.00000709. The number of unbranched alkanes of at least 4 members (excludes halogenated alkanes) is 7. The van der Waals surface area contributed by atoms with Gasteiger partial charge in [-0.2, -0.15) is 0 Å². The molecule has 0 aliphatic rings. The molecular formula is C25H31ClO2. The Hall–Kier alpha value is -2.06. The lowest BCUT2D eigenvalue weighted by atomic mass is 9.99. The number of hydrogen-bond acceptors (Lipinski definition) is 1. The van der Waals surface area contributed by atoms with Crippen molar-refractivity contribution in [3.05, 3.63) is 60.2 Å². The molecule has 0 bridgehead atoms. The molecule has 2 nitrogen and oxygen atoms in total. The number of aryl methyl sites for hydroxylation is 1. The zero-order chi connectivity index (χ0) is 18.9. The molecule has 0 fully saturated rings. The molecule has 0 spiro atoms. The van der Waals surface area contributed by atoms with Gasteiger partial charge in [0.25, 0.3) is 0 Å². The first-order valence-corrected chi connectivity index (χ1v) is 10.4. The number of phenols is 1. The van der Waals surface area contributed by atoms with Gasteiger partial charge in [-0.15, -0.1) is 0 Å². The van der Waals surface area contributed by atoms with Gasteiger partial charge in [-0.05, 0) is 43.2 Å². The van der Waals surface area contributed by atoms with E-state index < -0.39 is 0 Å². The van der Waals surface area contributed by atoms with Crippen molar-refractivity contribution in [2.75, 3.05) is 0 Å². The van der Waals surface area contributed by atoms with Crippen molar-refractivity contribution < 1.29 is 21.9 Å². The van der Waals surface area contributed by atoms with Gasteiger partial charge in [-0.1, -0.05) is 70.1 Å². The van der Waals surface area contributed by atoms with Crippen molar-refractivity contribution in [1.82, 2.24) is 0 Å². The average Bonchev–Trinajstić information content (AvgIpc) is 2.70. The van der Waals surface area contributed by atoms with E-state index in [1.807, 2.05) is 24.3 Å². The van der Waals surface area contributed by atoms with Crippen molar-refractivity contribution in [3.8, 4) is 17.1 Å². The molecule has 3 heteroatoms. The molecule has 0 amide bonds. The third-order valence-electron chi connectivity index (χ3n) is 5.17. The molecule has 1 aromatic heterocycles. The van der Waals surface area contributed by atoms with E-state index in [0.29, 0.717) is 0 Å². The van der Waals surface area contributed by atoms with Crippen LogP contribution in [0.4, 0.5) is 0 Å². The summed E-state index contributed by atoms with van der Waals surface area (Å²) in [6.45, 7) is 2.26. The molecule has 2 aromatic carbocycles. The van der Waals surface area contributed by atoms with Crippen LogP contribution >= 0.6 is 0 Å². The van der Waals surface area contributed by atoms with Crippen molar-refractivity contribution in [2.24, 2.45) is 0 Å². The summed E-state index contributed by atoms with van der Waals surface area (Å²) in [5.41, 5.74) is 3.08. The maximum absolute atomic E-state index is 9.78. The Balaban J connectivity index is 0.00000280. The highest BCUT2D eigenvalue weighted by molar-refractivity contribution is 5.81. The molecule has 28 heavy (non-hydrogen) atoms. The van der Waals surface area contributed by atoms with Gasteiger partial charge in [0.05, 0.1) is 22.6 Å². The van der Waals surface area contributed by atoms with Crippen molar-refractivity contribution >= 4 is 11.0 Å². The molecule has 1 N–H and O–H groups in total. The van der Waals surface area contributed by atoms with E-state index in [4.69, 9.17) is 4.42 Å². The average molecular weight is 399 g/mol. The first kappa shape index (κ1) is 22.2. The highest BCUT2D eigenvalue weighted by Crippen LogP contribution is 2.31. The van der Waals surface area contributed by atoms with Crippen LogP contribution < -0.4 is 12.4 Å². The minimum Gasteiger partial charge on any atom is -1.00 e. The van der Waals surface area contributed by atoms with Gasteiger partial charge in [-0.25, -0.2) is 4.42 Å². The number of fused-ring (bicyclic) bond motifs is 1. The molecule has 0 aliphatic carbocycles. The first-order chi connectivity index (χ1) is 13.3. The van der Waals surface area contributed by atoms with Crippen molar-refractivity contribution in [2.45, 2.75) is 64.7 Å². The van der Waals surface area contributed by atoms with Gasteiger partial charge in [-0.3, -0.25) is 0 Å². The quantitative estimate of drug-likeness (QED) is 0.394. The lowest BCUT2D eigenvalue weighted by Gasteiger charge is -2.04. The van der Waals surface area contributed by atoms with E-state index in [0.717, 1.165) is 28.7 Å². The van der Waals surface area contributed by atoms with Crippen LogP contribution in [0.3, 0.4) is 0 Å². The fourth-order valence-electron chi connectivity index (χ4n) is 3.63. The van der Waals surface area contributed by atoms with Gasteiger partial charge in [0, 0.05) is 0 Å². The van der Waals surface area contributed by atoms with Crippen molar-refractivity contribution in [1.29, 1.82) is 0 Å².